The van der Waals surface area contributed by atoms with Crippen LogP contribution in [-0.2, 0) is 4.74 Å². The number of rotatable bonds is 18. The first kappa shape index (κ1) is 95.8. The number of nitrogens with one attached hydrogen (secondary N) is 1. The Morgan fingerprint density at radius 1 is 0.271 bits per heavy atom. The molecular formula is C97H155N17O4. The van der Waals surface area contributed by atoms with E-state index >= 15 is 0 Å². The van der Waals surface area contributed by atoms with Crippen LogP contribution in [0.3, 0.4) is 0 Å². The Bertz CT molecular complexity index is 3430. The summed E-state index contributed by atoms with van der Waals surface area (Å²) in [4.78, 5) is 53.2. The molecule has 0 amide bonds. The zero-order valence-electron chi connectivity index (χ0n) is 76.4. The molecule has 14 rings (SSSR count). The summed E-state index contributed by atoms with van der Waals surface area (Å²) in [6.45, 7) is 63.8. The highest BCUT2D eigenvalue weighted by Crippen LogP contribution is 2.31. The molecule has 0 aliphatic carbocycles. The average Bonchev–Trinajstić information content (AvgIpc) is 0.850. The van der Waals surface area contributed by atoms with Crippen LogP contribution in [0, 0.1) is 17.8 Å². The number of aliphatic hydroxyl groups excluding tert-OH is 3. The van der Waals surface area contributed by atoms with Crippen molar-refractivity contribution in [3.8, 4) is 0 Å². The maximum atomic E-state index is 9.60. The molecule has 4 N–H and O–H groups in total. The molecule has 0 spiro atoms. The largest absolute Gasteiger partial charge is 0.393 e. The van der Waals surface area contributed by atoms with E-state index in [1.165, 1.54) is 56.9 Å². The van der Waals surface area contributed by atoms with Gasteiger partial charge in [0.1, 0.15) is 0 Å². The van der Waals surface area contributed by atoms with E-state index in [2.05, 4.69) is 287 Å². The molecule has 0 aromatic carbocycles. The van der Waals surface area contributed by atoms with Gasteiger partial charge in [0.2, 0.25) is 0 Å². The lowest BCUT2D eigenvalue weighted by Crippen LogP contribution is -2.48. The Kier molecular flexibility index (Phi) is 40.1. The normalized spacial score (nSPS) is 18.3. The van der Waals surface area contributed by atoms with E-state index in [0.717, 1.165) is 205 Å². The van der Waals surface area contributed by atoms with E-state index in [4.69, 9.17) is 4.74 Å². The molecule has 7 aliphatic heterocycles. The van der Waals surface area contributed by atoms with E-state index in [1.807, 2.05) is 64.1 Å². The Hall–Kier alpha value is -7.63. The molecule has 21 nitrogen and oxygen atoms in total. The molecule has 1 unspecified atom stereocenters. The van der Waals surface area contributed by atoms with Crippen molar-refractivity contribution in [1.29, 1.82) is 0 Å². The first-order valence-corrected chi connectivity index (χ1v) is 45.2. The predicted octanol–water partition coefficient (Wildman–Crippen LogP) is 16.8. The maximum Gasteiger partial charge on any atom is 0.0642 e. The Balaban J connectivity index is 0.000000172. The topological polar surface area (TPSA) is 201 Å². The first-order chi connectivity index (χ1) is 56.5. The van der Waals surface area contributed by atoms with Gasteiger partial charge in [-0.25, -0.2) is 0 Å². The summed E-state index contributed by atoms with van der Waals surface area (Å²) in [6.07, 6.45) is 19.9. The highest BCUT2D eigenvalue weighted by atomic mass is 16.5. The number of ether oxygens (including phenoxy) is 1. The van der Waals surface area contributed by atoms with Crippen LogP contribution in [0.4, 0.5) is 39.8 Å². The summed E-state index contributed by atoms with van der Waals surface area (Å²) >= 11 is 0. The zero-order chi connectivity index (χ0) is 85.4. The van der Waals surface area contributed by atoms with Crippen LogP contribution in [0.5, 0.6) is 0 Å². The van der Waals surface area contributed by atoms with Crippen LogP contribution >= 0.6 is 0 Å². The lowest BCUT2D eigenvalue weighted by atomic mass is 9.92. The number of anilines is 7. The summed E-state index contributed by atoms with van der Waals surface area (Å²) in [7, 11) is 2.18. The van der Waals surface area contributed by atoms with Gasteiger partial charge in [0.05, 0.1) is 115 Å². The number of nitrogens with zero attached hydrogens (tertiary/aromatic N) is 16. The molecule has 0 bridgehead atoms. The zero-order valence-corrected chi connectivity index (χ0v) is 76.4. The van der Waals surface area contributed by atoms with Crippen molar-refractivity contribution < 1.29 is 20.1 Å². The Morgan fingerprint density at radius 3 is 0.669 bits per heavy atom. The highest BCUT2D eigenvalue weighted by molar-refractivity contribution is 5.50. The third kappa shape index (κ3) is 31.1. The lowest BCUT2D eigenvalue weighted by Gasteiger charge is -2.38. The smallest absolute Gasteiger partial charge is 0.0642 e. The number of aromatic nitrogens is 7. The summed E-state index contributed by atoms with van der Waals surface area (Å²) in [5.74, 6) is 4.89. The van der Waals surface area contributed by atoms with E-state index in [9.17, 15) is 15.3 Å². The number of likely N-dealkylation sites (N-methyl/N-ethyl adjacent to an activating group) is 1. The van der Waals surface area contributed by atoms with Gasteiger partial charge in [0, 0.05) is 177 Å². The molecule has 652 valence electrons. The van der Waals surface area contributed by atoms with Gasteiger partial charge in [-0.1, -0.05) is 96.9 Å². The van der Waals surface area contributed by atoms with Crippen LogP contribution in [0.2, 0.25) is 0 Å². The van der Waals surface area contributed by atoms with E-state index in [-0.39, 0.29) is 18.3 Å². The quantitative estimate of drug-likeness (QED) is 0.0631. The summed E-state index contributed by atoms with van der Waals surface area (Å²) in [5.41, 5.74) is 16.8. The number of pyridine rings is 7. The van der Waals surface area contributed by atoms with Gasteiger partial charge >= 0.3 is 0 Å². The van der Waals surface area contributed by atoms with Crippen LogP contribution in [0.15, 0.2) is 128 Å². The molecule has 7 aliphatic rings. The minimum Gasteiger partial charge on any atom is -0.393 e. The molecular weight excluding hydrogens is 1470 g/mol. The van der Waals surface area contributed by atoms with Crippen LogP contribution in [0.1, 0.15) is 251 Å². The predicted molar refractivity (Wildman–Crippen MR) is 495 cm³/mol. The van der Waals surface area contributed by atoms with Crippen LogP contribution in [-0.4, -0.2) is 236 Å². The van der Waals surface area contributed by atoms with Gasteiger partial charge in [-0.3, -0.25) is 39.8 Å². The number of morpholine rings is 1. The van der Waals surface area contributed by atoms with Crippen molar-refractivity contribution in [1.82, 2.24) is 50.0 Å². The van der Waals surface area contributed by atoms with E-state index < -0.39 is 0 Å². The van der Waals surface area contributed by atoms with Gasteiger partial charge in [-0.05, 0) is 224 Å². The molecule has 0 radical (unpaired) electrons. The lowest BCUT2D eigenvalue weighted by molar-refractivity contribution is 0.109. The van der Waals surface area contributed by atoms with E-state index in [0.29, 0.717) is 65.2 Å². The van der Waals surface area contributed by atoms with E-state index in [1.54, 1.807) is 0 Å². The van der Waals surface area contributed by atoms with Crippen molar-refractivity contribution in [3.63, 3.8) is 0 Å². The fraction of sp³-hybridized carbons (Fsp3) is 0.639. The standard InChI is InChI=1S/C15H25N3.3C15H24N2O.C13H21N3.C12H19N3.C12H18N2O/c1-12(2)15-6-5-14(11-16-15)18-9-7-17(8-10-18)13(3)4;3*1-11(2)15-5-4-14(10-16-15)17-8-6-13(7-9-17)12(3)18;1-11(2)13-5-4-12(10-14-13)16-8-6-15(3)7-9-16;1-10(2)12-4-3-11(9-14-12)15-7-5-13-6-8-15;1-10(2)12-4-3-11(9-13-12)14-5-7-15-8-6-14/h5-6,11-13H,7-10H2,1-4H3;3*4-5,10-13,18H,6-9H2,1-3H3;4-5,10-11H,6-9H2,1-3H3;3-4,9-10,13H,5-8H2,1-2H3;3-4,9-10H,5-8H2,1-2H3/t;2*12-;;;;/m.10..../s1. The third-order valence-corrected chi connectivity index (χ3v) is 24.4. The number of piperidine rings is 3. The molecule has 7 aromatic rings. The number of hydrogen-bond donors (Lipinski definition) is 4. The summed E-state index contributed by atoms with van der Waals surface area (Å²) in [6, 6.07) is 30.9. The number of aliphatic hydroxyl groups is 3. The monoisotopic (exact) mass is 1620 g/mol. The second kappa shape index (κ2) is 49.3. The fourth-order valence-corrected chi connectivity index (χ4v) is 15.7. The summed E-state index contributed by atoms with van der Waals surface area (Å²) < 4.78 is 5.32. The molecule has 0 saturated carbocycles. The average molecular weight is 1620 g/mol. The second-order valence-corrected chi connectivity index (χ2v) is 36.1. The van der Waals surface area contributed by atoms with Crippen molar-refractivity contribution in [2.75, 3.05) is 185 Å². The van der Waals surface area contributed by atoms with Gasteiger partial charge < -0.3 is 64.6 Å². The van der Waals surface area contributed by atoms with Gasteiger partial charge in [-0.15, -0.1) is 0 Å². The van der Waals surface area contributed by atoms with Crippen molar-refractivity contribution >= 4 is 39.8 Å². The summed E-state index contributed by atoms with van der Waals surface area (Å²) in [5, 5.41) is 32.2. The van der Waals surface area contributed by atoms with Crippen molar-refractivity contribution in [3.05, 3.63) is 168 Å². The minimum absolute atomic E-state index is 0.173. The SMILES string of the molecule is CC(C)c1ccc(N2CCC(C(C)O)CC2)cn1.CC(C)c1ccc(N2CCC([C@@H](C)O)CC2)cn1.CC(C)c1ccc(N2CCC([C@H](C)O)CC2)cn1.CC(C)c1ccc(N2CCN(C(C)C)CC2)cn1.CC(C)c1ccc(N2CCN(C)CC2)cn1.CC(C)c1ccc(N2CCNCC2)cn1.CC(C)c1ccc(N2CCOCC2)cn1. The van der Waals surface area contributed by atoms with Gasteiger partial charge in [0.25, 0.3) is 0 Å². The highest BCUT2D eigenvalue weighted by Gasteiger charge is 2.27. The van der Waals surface area contributed by atoms with Gasteiger partial charge in [-0.2, -0.15) is 0 Å². The molecule has 7 saturated heterocycles. The molecule has 7 fully saturated rings. The Labute approximate surface area is 713 Å². The fourth-order valence-electron chi connectivity index (χ4n) is 15.7. The second-order valence-electron chi connectivity index (χ2n) is 36.1. The number of piperazine rings is 3. The molecule has 3 atom stereocenters. The van der Waals surface area contributed by atoms with Gasteiger partial charge in [0.15, 0.2) is 0 Å². The molecule has 7 aromatic heterocycles. The van der Waals surface area contributed by atoms with Crippen LogP contribution < -0.4 is 39.6 Å². The van der Waals surface area contributed by atoms with Crippen molar-refractivity contribution in [2.45, 2.75) is 236 Å². The minimum atomic E-state index is -0.173. The maximum absolute atomic E-state index is 9.60. The third-order valence-electron chi connectivity index (χ3n) is 24.4. The van der Waals surface area contributed by atoms with Crippen LogP contribution in [0.25, 0.3) is 0 Å². The molecule has 14 heterocycles. The molecule has 118 heavy (non-hydrogen) atoms. The van der Waals surface area contributed by atoms with Crippen molar-refractivity contribution in [2.24, 2.45) is 17.8 Å². The Morgan fingerprint density at radius 2 is 0.475 bits per heavy atom. The molecule has 21 heteroatoms. The number of hydrogen-bond acceptors (Lipinski definition) is 21. The first-order valence-electron chi connectivity index (χ1n) is 45.2.